The van der Waals surface area contributed by atoms with Crippen molar-refractivity contribution in [1.82, 2.24) is 9.97 Å². The molecule has 21 heavy (non-hydrogen) atoms. The molecule has 3 N–H and O–H groups in total. The summed E-state index contributed by atoms with van der Waals surface area (Å²) >= 11 is 4.78. The molecule has 2 rings (SSSR count). The highest BCUT2D eigenvalue weighted by Crippen LogP contribution is 2.33. The van der Waals surface area contributed by atoms with Crippen LogP contribution >= 0.6 is 12.2 Å². The van der Waals surface area contributed by atoms with Crippen LogP contribution in [0.2, 0.25) is 0 Å². The van der Waals surface area contributed by atoms with E-state index < -0.39 is 11.7 Å². The molecule has 1 heterocycles. The van der Waals surface area contributed by atoms with Gasteiger partial charge in [0.25, 0.3) is 0 Å². The minimum absolute atomic E-state index is 0.0836. The third-order valence-corrected chi connectivity index (χ3v) is 2.92. The zero-order valence-corrected chi connectivity index (χ0v) is 11.7. The topological polar surface area (TPSA) is 63.8 Å². The van der Waals surface area contributed by atoms with Crippen molar-refractivity contribution in [1.29, 1.82) is 0 Å². The van der Waals surface area contributed by atoms with Crippen LogP contribution in [0.4, 0.5) is 24.8 Å². The predicted octanol–water partition coefficient (Wildman–Crippen LogP) is 3.18. The lowest BCUT2D eigenvalue weighted by Gasteiger charge is -2.12. The molecule has 0 unspecified atom stereocenters. The number of hydrogen-bond acceptors (Lipinski definition) is 4. The van der Waals surface area contributed by atoms with Gasteiger partial charge in [0.2, 0.25) is 5.95 Å². The van der Waals surface area contributed by atoms with Crippen LogP contribution < -0.4 is 11.1 Å². The van der Waals surface area contributed by atoms with Crippen molar-refractivity contribution in [2.45, 2.75) is 13.1 Å². The monoisotopic (exact) mass is 312 g/mol. The average Bonchev–Trinajstić information content (AvgIpc) is 2.40. The highest BCUT2D eigenvalue weighted by atomic mass is 32.1. The molecule has 0 bridgehead atoms. The Morgan fingerprint density at radius 3 is 2.62 bits per heavy atom. The van der Waals surface area contributed by atoms with Gasteiger partial charge in [0.1, 0.15) is 10.7 Å². The van der Waals surface area contributed by atoms with Gasteiger partial charge in [0.05, 0.1) is 5.56 Å². The van der Waals surface area contributed by atoms with E-state index >= 15 is 0 Å². The molecule has 1 aromatic carbocycles. The first-order valence-corrected chi connectivity index (χ1v) is 6.26. The standard InChI is InChI=1S/C13H11F3N4S/c1-7-2-3-8(6-9(7)13(14,15)16)19-12-18-5-4-10(20-12)11(17)21/h2-6H,1H3,(H2,17,21)(H,18,19,20). The van der Waals surface area contributed by atoms with Gasteiger partial charge in [-0.15, -0.1) is 0 Å². The molecule has 0 aliphatic heterocycles. The quantitative estimate of drug-likeness (QED) is 0.852. The van der Waals surface area contributed by atoms with Gasteiger partial charge in [-0.2, -0.15) is 13.2 Å². The molecule has 0 spiro atoms. The third-order valence-electron chi connectivity index (χ3n) is 2.71. The lowest BCUT2D eigenvalue weighted by atomic mass is 10.1. The van der Waals surface area contributed by atoms with E-state index in [0.717, 1.165) is 6.07 Å². The molecule has 0 saturated carbocycles. The van der Waals surface area contributed by atoms with Crippen LogP contribution in [0.5, 0.6) is 0 Å². The average molecular weight is 312 g/mol. The third kappa shape index (κ3) is 3.66. The van der Waals surface area contributed by atoms with E-state index in [-0.39, 0.29) is 22.2 Å². The van der Waals surface area contributed by atoms with Crippen molar-refractivity contribution in [3.05, 3.63) is 47.3 Å². The summed E-state index contributed by atoms with van der Waals surface area (Å²) in [5.41, 5.74) is 5.44. The minimum atomic E-state index is -4.41. The number of rotatable bonds is 3. The molecule has 0 radical (unpaired) electrons. The van der Waals surface area contributed by atoms with E-state index in [9.17, 15) is 13.2 Å². The van der Waals surface area contributed by atoms with Crippen LogP contribution in [-0.2, 0) is 6.18 Å². The van der Waals surface area contributed by atoms with Gasteiger partial charge < -0.3 is 11.1 Å². The molecule has 0 aliphatic rings. The Morgan fingerprint density at radius 2 is 2.00 bits per heavy atom. The molecule has 4 nitrogen and oxygen atoms in total. The fourth-order valence-corrected chi connectivity index (χ4v) is 1.80. The highest BCUT2D eigenvalue weighted by Gasteiger charge is 2.32. The van der Waals surface area contributed by atoms with Crippen LogP contribution in [0, 0.1) is 6.92 Å². The van der Waals surface area contributed by atoms with Gasteiger partial charge >= 0.3 is 6.18 Å². The zero-order chi connectivity index (χ0) is 15.6. The molecule has 0 saturated heterocycles. The number of hydrogen-bond donors (Lipinski definition) is 2. The van der Waals surface area contributed by atoms with Crippen molar-refractivity contribution < 1.29 is 13.2 Å². The number of thiocarbonyl (C=S) groups is 1. The number of aromatic nitrogens is 2. The number of anilines is 2. The maximum Gasteiger partial charge on any atom is 0.416 e. The molecule has 1 aromatic heterocycles. The molecule has 110 valence electrons. The Bertz CT molecular complexity index is 685. The Hall–Kier alpha value is -2.22. The summed E-state index contributed by atoms with van der Waals surface area (Å²) in [6.45, 7) is 1.40. The Kier molecular flexibility index (Phi) is 4.08. The minimum Gasteiger partial charge on any atom is -0.388 e. The lowest BCUT2D eigenvalue weighted by molar-refractivity contribution is -0.138. The second-order valence-corrected chi connectivity index (χ2v) is 4.72. The van der Waals surface area contributed by atoms with Crippen molar-refractivity contribution in [2.75, 3.05) is 5.32 Å². The molecule has 0 amide bonds. The van der Waals surface area contributed by atoms with Crippen LogP contribution in [0.1, 0.15) is 16.8 Å². The van der Waals surface area contributed by atoms with E-state index in [1.807, 2.05) is 0 Å². The normalized spacial score (nSPS) is 11.2. The lowest BCUT2D eigenvalue weighted by Crippen LogP contribution is -2.13. The number of benzene rings is 1. The van der Waals surface area contributed by atoms with Crippen LogP contribution in [-0.4, -0.2) is 15.0 Å². The fraction of sp³-hybridized carbons (Fsp3) is 0.154. The van der Waals surface area contributed by atoms with Gasteiger partial charge in [0.15, 0.2) is 0 Å². The molecule has 2 aromatic rings. The first-order chi connectivity index (χ1) is 9.77. The summed E-state index contributed by atoms with van der Waals surface area (Å²) in [6.07, 6.45) is -2.99. The van der Waals surface area contributed by atoms with E-state index in [4.69, 9.17) is 18.0 Å². The second-order valence-electron chi connectivity index (χ2n) is 4.28. The van der Waals surface area contributed by atoms with Gasteiger partial charge in [-0.3, -0.25) is 0 Å². The highest BCUT2D eigenvalue weighted by molar-refractivity contribution is 7.80. The van der Waals surface area contributed by atoms with Gasteiger partial charge in [-0.1, -0.05) is 18.3 Å². The first kappa shape index (κ1) is 15.2. The maximum absolute atomic E-state index is 12.8. The molecule has 0 fully saturated rings. The largest absolute Gasteiger partial charge is 0.416 e. The zero-order valence-electron chi connectivity index (χ0n) is 10.9. The van der Waals surface area contributed by atoms with Crippen LogP contribution in [0.15, 0.2) is 30.5 Å². The SMILES string of the molecule is Cc1ccc(Nc2nccc(C(N)=S)n2)cc1C(F)(F)F. The fourth-order valence-electron chi connectivity index (χ4n) is 1.69. The summed E-state index contributed by atoms with van der Waals surface area (Å²) < 4.78 is 38.5. The Balaban J connectivity index is 2.32. The number of alkyl halides is 3. The van der Waals surface area contributed by atoms with E-state index in [1.165, 1.54) is 31.3 Å². The number of aryl methyl sites for hydroxylation is 1. The number of halogens is 3. The van der Waals surface area contributed by atoms with Crippen molar-refractivity contribution >= 4 is 28.8 Å². The first-order valence-electron chi connectivity index (χ1n) is 5.85. The summed E-state index contributed by atoms with van der Waals surface area (Å²) in [5, 5.41) is 2.70. The Labute approximate surface area is 124 Å². The van der Waals surface area contributed by atoms with E-state index in [1.54, 1.807) is 0 Å². The van der Waals surface area contributed by atoms with Gasteiger partial charge in [0, 0.05) is 11.9 Å². The molecule has 8 heteroatoms. The summed E-state index contributed by atoms with van der Waals surface area (Å²) in [4.78, 5) is 8.01. The van der Waals surface area contributed by atoms with E-state index in [2.05, 4.69) is 15.3 Å². The second kappa shape index (κ2) is 5.65. The van der Waals surface area contributed by atoms with Crippen molar-refractivity contribution in [3.8, 4) is 0 Å². The molecular weight excluding hydrogens is 301 g/mol. The number of nitrogens with zero attached hydrogens (tertiary/aromatic N) is 2. The molecule has 0 aliphatic carbocycles. The summed E-state index contributed by atoms with van der Waals surface area (Å²) in [5.74, 6) is 0.122. The van der Waals surface area contributed by atoms with Gasteiger partial charge in [-0.25, -0.2) is 9.97 Å². The molecule has 0 atom stereocenters. The number of nitrogens with two attached hydrogens (primary N) is 1. The predicted molar refractivity (Wildman–Crippen MR) is 77.4 cm³/mol. The van der Waals surface area contributed by atoms with Crippen LogP contribution in [0.25, 0.3) is 0 Å². The summed E-state index contributed by atoms with van der Waals surface area (Å²) in [6, 6.07) is 5.42. The van der Waals surface area contributed by atoms with Crippen molar-refractivity contribution in [3.63, 3.8) is 0 Å². The Morgan fingerprint density at radius 1 is 1.29 bits per heavy atom. The van der Waals surface area contributed by atoms with Crippen molar-refractivity contribution in [2.24, 2.45) is 5.73 Å². The molecular formula is C13H11F3N4S. The number of nitrogens with one attached hydrogen (secondary N) is 1. The van der Waals surface area contributed by atoms with E-state index in [0.29, 0.717) is 5.69 Å². The smallest absolute Gasteiger partial charge is 0.388 e. The van der Waals surface area contributed by atoms with Crippen LogP contribution in [0.3, 0.4) is 0 Å². The summed E-state index contributed by atoms with van der Waals surface area (Å²) in [7, 11) is 0. The van der Waals surface area contributed by atoms with Gasteiger partial charge in [-0.05, 0) is 30.7 Å². The maximum atomic E-state index is 12.8.